The molecule has 3 aromatic heterocycles. The summed E-state index contributed by atoms with van der Waals surface area (Å²) in [4.78, 5) is 4.64. The number of alkyl halides is 1. The lowest BCUT2D eigenvalue weighted by Crippen LogP contribution is -2.07. The van der Waals surface area contributed by atoms with Crippen molar-refractivity contribution in [2.75, 3.05) is 0 Å². The summed E-state index contributed by atoms with van der Waals surface area (Å²) in [7, 11) is 1.93. The zero-order valence-electron chi connectivity index (χ0n) is 11.5. The minimum atomic E-state index is 0.356. The monoisotopic (exact) mass is 293 g/mol. The molecule has 0 aliphatic rings. The molecule has 0 unspecified atom stereocenters. The predicted molar refractivity (Wildman–Crippen MR) is 75.7 cm³/mol. The number of hydrogen-bond acceptors (Lipinski definition) is 4. The second-order valence-corrected chi connectivity index (χ2v) is 4.99. The fraction of sp³-hybridized carbons (Fsp3) is 0.462. The lowest BCUT2D eigenvalue weighted by atomic mass is 10.2. The molecule has 0 bridgehead atoms. The Balaban J connectivity index is 2.13. The number of aromatic nitrogens is 5. The summed E-state index contributed by atoms with van der Waals surface area (Å²) in [5, 5.41) is 8.28. The highest BCUT2D eigenvalue weighted by Gasteiger charge is 2.19. The van der Waals surface area contributed by atoms with Gasteiger partial charge in [0.25, 0.3) is 0 Å². The molecule has 0 amide bonds. The number of fused-ring (bicyclic) bond motifs is 1. The number of hydrogen-bond donors (Lipinski definition) is 0. The van der Waals surface area contributed by atoms with Crippen molar-refractivity contribution >= 4 is 22.8 Å². The van der Waals surface area contributed by atoms with E-state index in [9.17, 15) is 0 Å². The topological polar surface area (TPSA) is 61.7 Å². The van der Waals surface area contributed by atoms with Gasteiger partial charge in [0.2, 0.25) is 0 Å². The van der Waals surface area contributed by atoms with Crippen LogP contribution in [0.2, 0.25) is 0 Å². The van der Waals surface area contributed by atoms with Crippen molar-refractivity contribution in [3.63, 3.8) is 0 Å². The van der Waals surface area contributed by atoms with Crippen LogP contribution in [-0.4, -0.2) is 24.5 Å². The number of imidazole rings is 1. The minimum Gasteiger partial charge on any atom is -0.359 e. The first-order valence-corrected chi connectivity index (χ1v) is 7.14. The Morgan fingerprint density at radius 3 is 2.90 bits per heavy atom. The van der Waals surface area contributed by atoms with E-state index in [1.54, 1.807) is 6.20 Å². The Morgan fingerprint density at radius 1 is 1.40 bits per heavy atom. The lowest BCUT2D eigenvalue weighted by molar-refractivity contribution is 0.376. The number of nitrogens with zero attached hydrogens (tertiary/aromatic N) is 5. The van der Waals surface area contributed by atoms with E-state index in [2.05, 4.69) is 22.2 Å². The van der Waals surface area contributed by atoms with E-state index in [-0.39, 0.29) is 0 Å². The van der Waals surface area contributed by atoms with E-state index in [4.69, 9.17) is 16.1 Å². The van der Waals surface area contributed by atoms with Gasteiger partial charge in [-0.1, -0.05) is 18.5 Å². The molecule has 3 heterocycles. The first-order chi connectivity index (χ1) is 9.74. The zero-order valence-corrected chi connectivity index (χ0v) is 12.3. The third-order valence-electron chi connectivity index (χ3n) is 3.28. The van der Waals surface area contributed by atoms with Gasteiger partial charge in [0.15, 0.2) is 11.4 Å². The third kappa shape index (κ3) is 2.10. The quantitative estimate of drug-likeness (QED) is 0.678. The Morgan fingerprint density at radius 2 is 2.25 bits per heavy atom. The maximum atomic E-state index is 6.02. The van der Waals surface area contributed by atoms with Crippen molar-refractivity contribution in [1.82, 2.24) is 24.5 Å². The zero-order chi connectivity index (χ0) is 14.1. The van der Waals surface area contributed by atoms with Crippen LogP contribution in [0, 0.1) is 0 Å². The number of rotatable bonds is 5. The molecule has 0 saturated heterocycles. The average Bonchev–Trinajstić information content (AvgIpc) is 3.11. The fourth-order valence-electron chi connectivity index (χ4n) is 2.44. The molecule has 0 radical (unpaired) electrons. The van der Waals surface area contributed by atoms with Crippen molar-refractivity contribution in [2.24, 2.45) is 7.05 Å². The van der Waals surface area contributed by atoms with Crippen LogP contribution in [0.15, 0.2) is 16.8 Å². The average molecular weight is 294 g/mol. The SMILES string of the molecule is CCCc1nn(C)c2c1nc(CCl)n2Cc1ccno1. The summed E-state index contributed by atoms with van der Waals surface area (Å²) < 4.78 is 9.08. The minimum absolute atomic E-state index is 0.356. The van der Waals surface area contributed by atoms with E-state index in [1.165, 1.54) is 0 Å². The maximum Gasteiger partial charge on any atom is 0.159 e. The van der Waals surface area contributed by atoms with E-state index in [0.29, 0.717) is 12.4 Å². The smallest absolute Gasteiger partial charge is 0.159 e. The molecule has 0 aromatic carbocycles. The van der Waals surface area contributed by atoms with Gasteiger partial charge in [-0.05, 0) is 6.42 Å². The van der Waals surface area contributed by atoms with Gasteiger partial charge < -0.3 is 9.09 Å². The standard InChI is InChI=1S/C13H16ClN5O/c1-3-4-10-12-13(18(2)17-10)19(11(7-14)16-12)8-9-5-6-15-20-9/h5-6H,3-4,7-8H2,1-2H3. The molecule has 3 aromatic rings. The first-order valence-electron chi connectivity index (χ1n) is 6.61. The van der Waals surface area contributed by atoms with Crippen LogP contribution < -0.4 is 0 Å². The van der Waals surface area contributed by atoms with Gasteiger partial charge in [-0.3, -0.25) is 4.68 Å². The Hall–Kier alpha value is -1.82. The summed E-state index contributed by atoms with van der Waals surface area (Å²) in [5.41, 5.74) is 2.93. The predicted octanol–water partition coefficient (Wildman–Crippen LogP) is 2.50. The van der Waals surface area contributed by atoms with Gasteiger partial charge in [-0.25, -0.2) is 4.98 Å². The van der Waals surface area contributed by atoms with Crippen molar-refractivity contribution in [1.29, 1.82) is 0 Å². The summed E-state index contributed by atoms with van der Waals surface area (Å²) in [6.07, 6.45) is 3.59. The van der Waals surface area contributed by atoms with Gasteiger partial charge in [0, 0.05) is 13.1 Å². The van der Waals surface area contributed by atoms with Gasteiger partial charge in [0.1, 0.15) is 11.3 Å². The second kappa shape index (κ2) is 5.28. The van der Waals surface area contributed by atoms with Crippen LogP contribution in [0.1, 0.15) is 30.6 Å². The second-order valence-electron chi connectivity index (χ2n) is 4.72. The third-order valence-corrected chi connectivity index (χ3v) is 3.52. The Bertz CT molecular complexity index is 713. The van der Waals surface area contributed by atoms with Crippen LogP contribution in [-0.2, 0) is 25.9 Å². The molecule has 6 nitrogen and oxygen atoms in total. The van der Waals surface area contributed by atoms with E-state index in [0.717, 1.165) is 41.3 Å². The van der Waals surface area contributed by atoms with Gasteiger partial charge in [-0.2, -0.15) is 5.10 Å². The van der Waals surface area contributed by atoms with Gasteiger partial charge in [0.05, 0.1) is 24.3 Å². The molecule has 0 spiro atoms. The van der Waals surface area contributed by atoms with Crippen molar-refractivity contribution in [3.8, 4) is 0 Å². The molecule has 0 atom stereocenters. The van der Waals surface area contributed by atoms with Crippen LogP contribution in [0.3, 0.4) is 0 Å². The molecule has 0 N–H and O–H groups in total. The molecular weight excluding hydrogens is 278 g/mol. The maximum absolute atomic E-state index is 6.02. The molecule has 20 heavy (non-hydrogen) atoms. The van der Waals surface area contributed by atoms with Crippen molar-refractivity contribution in [3.05, 3.63) is 29.5 Å². The van der Waals surface area contributed by atoms with Crippen LogP contribution in [0.5, 0.6) is 0 Å². The molecule has 106 valence electrons. The summed E-state index contributed by atoms with van der Waals surface area (Å²) in [6.45, 7) is 2.69. The highest BCUT2D eigenvalue weighted by Crippen LogP contribution is 2.22. The molecule has 3 rings (SSSR count). The van der Waals surface area contributed by atoms with Crippen LogP contribution in [0.4, 0.5) is 0 Å². The molecular formula is C13H16ClN5O. The first kappa shape index (κ1) is 13.2. The Labute approximate surface area is 121 Å². The fourth-order valence-corrected chi connectivity index (χ4v) is 2.64. The van der Waals surface area contributed by atoms with Crippen molar-refractivity contribution in [2.45, 2.75) is 32.2 Å². The summed E-state index contributed by atoms with van der Waals surface area (Å²) in [6, 6.07) is 1.84. The lowest BCUT2D eigenvalue weighted by Gasteiger charge is -2.05. The molecule has 7 heteroatoms. The molecule has 0 saturated carbocycles. The highest BCUT2D eigenvalue weighted by atomic mass is 35.5. The summed E-state index contributed by atoms with van der Waals surface area (Å²) in [5.74, 6) is 1.95. The van der Waals surface area contributed by atoms with Crippen LogP contribution >= 0.6 is 11.6 Å². The molecule has 0 aliphatic heterocycles. The highest BCUT2D eigenvalue weighted by molar-refractivity contribution is 6.16. The van der Waals surface area contributed by atoms with E-state index < -0.39 is 0 Å². The Kier molecular flexibility index (Phi) is 3.48. The molecule has 0 fully saturated rings. The normalized spacial score (nSPS) is 11.6. The van der Waals surface area contributed by atoms with Crippen LogP contribution in [0.25, 0.3) is 11.2 Å². The largest absolute Gasteiger partial charge is 0.359 e. The van der Waals surface area contributed by atoms with Gasteiger partial charge in [-0.15, -0.1) is 11.6 Å². The molecule has 0 aliphatic carbocycles. The summed E-state index contributed by atoms with van der Waals surface area (Å²) >= 11 is 6.02. The van der Waals surface area contributed by atoms with Crippen molar-refractivity contribution < 1.29 is 4.52 Å². The number of halogens is 1. The van der Waals surface area contributed by atoms with E-state index >= 15 is 0 Å². The van der Waals surface area contributed by atoms with E-state index in [1.807, 2.05) is 22.4 Å². The van der Waals surface area contributed by atoms with Gasteiger partial charge >= 0.3 is 0 Å². The number of aryl methyl sites for hydroxylation is 2.